The molecular formula is C15H21F2N3O. The quantitative estimate of drug-likeness (QED) is 0.671. The first-order chi connectivity index (χ1) is 10.1. The molecule has 0 unspecified atom stereocenters. The van der Waals surface area contributed by atoms with E-state index in [9.17, 15) is 8.78 Å². The van der Waals surface area contributed by atoms with Gasteiger partial charge < -0.3 is 15.0 Å². The van der Waals surface area contributed by atoms with Crippen LogP contribution in [0.4, 0.5) is 8.78 Å². The van der Waals surface area contributed by atoms with Gasteiger partial charge >= 0.3 is 6.61 Å². The number of guanidine groups is 1. The lowest BCUT2D eigenvalue weighted by atomic mass is 9.93. The Bertz CT molecular complexity index is 472. The Balaban J connectivity index is 1.89. The lowest BCUT2D eigenvalue weighted by Gasteiger charge is -2.31. The van der Waals surface area contributed by atoms with E-state index in [-0.39, 0.29) is 5.75 Å². The zero-order valence-electron chi connectivity index (χ0n) is 12.4. The molecule has 6 heteroatoms. The third-order valence-corrected chi connectivity index (χ3v) is 3.58. The monoisotopic (exact) mass is 297 g/mol. The van der Waals surface area contributed by atoms with Gasteiger partial charge in [-0.1, -0.05) is 12.1 Å². The number of hydrogen-bond donors (Lipinski definition) is 1. The first kappa shape index (κ1) is 15.5. The molecular weight excluding hydrogens is 276 g/mol. The molecule has 0 saturated heterocycles. The van der Waals surface area contributed by atoms with E-state index < -0.39 is 6.61 Å². The molecule has 2 rings (SSSR count). The smallest absolute Gasteiger partial charge is 0.387 e. The molecule has 0 atom stereocenters. The van der Waals surface area contributed by atoms with E-state index in [1.54, 1.807) is 31.3 Å². The minimum absolute atomic E-state index is 0.174. The lowest BCUT2D eigenvalue weighted by Crippen LogP contribution is -2.46. The molecule has 0 aliphatic heterocycles. The van der Waals surface area contributed by atoms with Gasteiger partial charge in [0.25, 0.3) is 0 Å². The summed E-state index contributed by atoms with van der Waals surface area (Å²) in [5.74, 6) is 1.03. The van der Waals surface area contributed by atoms with Gasteiger partial charge in [-0.3, -0.25) is 4.99 Å². The molecule has 0 bridgehead atoms. The predicted molar refractivity (Wildman–Crippen MR) is 78.7 cm³/mol. The van der Waals surface area contributed by atoms with Crippen LogP contribution in [0, 0.1) is 0 Å². The Morgan fingerprint density at radius 1 is 1.38 bits per heavy atom. The molecule has 21 heavy (non-hydrogen) atoms. The molecule has 1 N–H and O–H groups in total. The highest BCUT2D eigenvalue weighted by molar-refractivity contribution is 5.80. The Morgan fingerprint density at radius 2 is 2.05 bits per heavy atom. The summed E-state index contributed by atoms with van der Waals surface area (Å²) in [5.41, 5.74) is 1.01. The van der Waals surface area contributed by atoms with Crippen LogP contribution in [0.15, 0.2) is 29.3 Å². The molecule has 0 amide bonds. The maximum Gasteiger partial charge on any atom is 0.387 e. The number of benzene rings is 1. The maximum absolute atomic E-state index is 12.1. The van der Waals surface area contributed by atoms with Gasteiger partial charge in [-0.15, -0.1) is 0 Å². The molecule has 1 aromatic carbocycles. The van der Waals surface area contributed by atoms with Gasteiger partial charge in [0.1, 0.15) is 5.75 Å². The standard InChI is InChI=1S/C15H21F2N3O/c1-18-15(19-12-4-3-5-12)20(2)10-11-6-8-13(9-7-11)21-14(16)17/h6-9,12,14H,3-5,10H2,1-2H3,(H,18,19). The van der Waals surface area contributed by atoms with Crippen LogP contribution in [-0.2, 0) is 6.54 Å². The summed E-state index contributed by atoms with van der Waals surface area (Å²) >= 11 is 0. The van der Waals surface area contributed by atoms with E-state index in [1.807, 2.05) is 11.9 Å². The number of nitrogens with zero attached hydrogens (tertiary/aromatic N) is 2. The van der Waals surface area contributed by atoms with Gasteiger partial charge in [0, 0.05) is 26.7 Å². The van der Waals surface area contributed by atoms with Crippen molar-refractivity contribution >= 4 is 5.96 Å². The van der Waals surface area contributed by atoms with Crippen molar-refractivity contribution in [1.82, 2.24) is 10.2 Å². The second kappa shape index (κ2) is 7.24. The van der Waals surface area contributed by atoms with Gasteiger partial charge in [-0.05, 0) is 37.0 Å². The Morgan fingerprint density at radius 3 is 2.52 bits per heavy atom. The third kappa shape index (κ3) is 4.58. The summed E-state index contributed by atoms with van der Waals surface area (Å²) < 4.78 is 28.5. The van der Waals surface area contributed by atoms with Crippen LogP contribution in [0.3, 0.4) is 0 Å². The second-order valence-corrected chi connectivity index (χ2v) is 5.20. The summed E-state index contributed by atoms with van der Waals surface area (Å²) in [6, 6.07) is 7.19. The van der Waals surface area contributed by atoms with Crippen LogP contribution in [0.2, 0.25) is 0 Å². The summed E-state index contributed by atoms with van der Waals surface area (Å²) in [5, 5.41) is 3.41. The first-order valence-corrected chi connectivity index (χ1v) is 7.06. The van der Waals surface area contributed by atoms with E-state index in [0.29, 0.717) is 12.6 Å². The molecule has 0 spiro atoms. The molecule has 0 heterocycles. The average molecular weight is 297 g/mol. The van der Waals surface area contributed by atoms with Crippen molar-refractivity contribution in [2.45, 2.75) is 38.5 Å². The van der Waals surface area contributed by atoms with E-state index in [0.717, 1.165) is 11.5 Å². The maximum atomic E-state index is 12.1. The predicted octanol–water partition coefficient (Wildman–Crippen LogP) is 2.85. The van der Waals surface area contributed by atoms with Gasteiger partial charge in [0.15, 0.2) is 5.96 Å². The number of hydrogen-bond acceptors (Lipinski definition) is 2. The van der Waals surface area contributed by atoms with Crippen molar-refractivity contribution in [3.8, 4) is 5.75 Å². The fourth-order valence-corrected chi connectivity index (χ4v) is 2.21. The van der Waals surface area contributed by atoms with Crippen LogP contribution in [0.5, 0.6) is 5.75 Å². The minimum Gasteiger partial charge on any atom is -0.435 e. The van der Waals surface area contributed by atoms with Gasteiger partial charge in [-0.25, -0.2) is 0 Å². The fourth-order valence-electron chi connectivity index (χ4n) is 2.21. The van der Waals surface area contributed by atoms with Crippen LogP contribution in [0.25, 0.3) is 0 Å². The second-order valence-electron chi connectivity index (χ2n) is 5.20. The van der Waals surface area contributed by atoms with Gasteiger partial charge in [0.2, 0.25) is 0 Å². The number of aliphatic imine (C=N–C) groups is 1. The number of rotatable bonds is 5. The highest BCUT2D eigenvalue weighted by atomic mass is 19.3. The number of halogens is 2. The minimum atomic E-state index is -2.79. The van der Waals surface area contributed by atoms with Crippen LogP contribution in [-0.4, -0.2) is 37.6 Å². The van der Waals surface area contributed by atoms with Crippen molar-refractivity contribution < 1.29 is 13.5 Å². The van der Waals surface area contributed by atoms with Gasteiger partial charge in [-0.2, -0.15) is 8.78 Å². The van der Waals surface area contributed by atoms with Crippen LogP contribution >= 0.6 is 0 Å². The molecule has 0 aromatic heterocycles. The Labute approximate surface area is 123 Å². The van der Waals surface area contributed by atoms with Crippen molar-refractivity contribution in [1.29, 1.82) is 0 Å². The van der Waals surface area contributed by atoms with Crippen molar-refractivity contribution in [3.63, 3.8) is 0 Å². The largest absolute Gasteiger partial charge is 0.435 e. The van der Waals surface area contributed by atoms with E-state index >= 15 is 0 Å². The van der Waals surface area contributed by atoms with Crippen molar-refractivity contribution in [2.24, 2.45) is 4.99 Å². The summed E-state index contributed by atoms with van der Waals surface area (Å²) in [7, 11) is 3.72. The normalized spacial score (nSPS) is 15.8. The van der Waals surface area contributed by atoms with E-state index in [2.05, 4.69) is 15.0 Å². The first-order valence-electron chi connectivity index (χ1n) is 7.06. The van der Waals surface area contributed by atoms with Crippen LogP contribution in [0.1, 0.15) is 24.8 Å². The van der Waals surface area contributed by atoms with Crippen molar-refractivity contribution in [3.05, 3.63) is 29.8 Å². The molecule has 1 aliphatic rings. The molecule has 116 valence electrons. The van der Waals surface area contributed by atoms with E-state index in [1.165, 1.54) is 19.3 Å². The number of ether oxygens (including phenoxy) is 1. The summed E-state index contributed by atoms with van der Waals surface area (Å²) in [4.78, 5) is 6.29. The highest BCUT2D eigenvalue weighted by Gasteiger charge is 2.19. The van der Waals surface area contributed by atoms with Gasteiger partial charge in [0.05, 0.1) is 0 Å². The molecule has 4 nitrogen and oxygen atoms in total. The highest BCUT2D eigenvalue weighted by Crippen LogP contribution is 2.19. The SMILES string of the molecule is CN=C(NC1CCC1)N(C)Cc1ccc(OC(F)F)cc1. The molecule has 1 aromatic rings. The Kier molecular flexibility index (Phi) is 5.36. The van der Waals surface area contributed by atoms with E-state index in [4.69, 9.17) is 0 Å². The molecule has 1 aliphatic carbocycles. The molecule has 0 radical (unpaired) electrons. The zero-order valence-corrected chi connectivity index (χ0v) is 12.4. The molecule has 1 saturated carbocycles. The number of alkyl halides is 2. The fraction of sp³-hybridized carbons (Fsp3) is 0.533. The van der Waals surface area contributed by atoms with Crippen molar-refractivity contribution in [2.75, 3.05) is 14.1 Å². The number of nitrogens with one attached hydrogen (secondary N) is 1. The zero-order chi connectivity index (χ0) is 15.2. The third-order valence-electron chi connectivity index (χ3n) is 3.58. The molecule has 1 fully saturated rings. The Hall–Kier alpha value is -1.85. The average Bonchev–Trinajstić information content (AvgIpc) is 2.39. The lowest BCUT2D eigenvalue weighted by molar-refractivity contribution is -0.0498. The topological polar surface area (TPSA) is 36.9 Å². The summed E-state index contributed by atoms with van der Waals surface area (Å²) in [6.07, 6.45) is 3.64. The van der Waals surface area contributed by atoms with Crippen LogP contribution < -0.4 is 10.1 Å². The summed E-state index contributed by atoms with van der Waals surface area (Å²) in [6.45, 7) is -2.13.